The molecule has 1 unspecified atom stereocenters. The van der Waals surface area contributed by atoms with Gasteiger partial charge in [0.25, 0.3) is 0 Å². The third kappa shape index (κ3) is 3.85. The second-order valence-electron chi connectivity index (χ2n) is 6.81. The van der Waals surface area contributed by atoms with Crippen molar-refractivity contribution in [1.82, 2.24) is 15.2 Å². The smallest absolute Gasteiger partial charge is 0.0705 e. The van der Waals surface area contributed by atoms with E-state index in [0.29, 0.717) is 0 Å². The van der Waals surface area contributed by atoms with Crippen molar-refractivity contribution in [3.8, 4) is 0 Å². The molecule has 0 bridgehead atoms. The van der Waals surface area contributed by atoms with Crippen LogP contribution in [0.2, 0.25) is 0 Å². The summed E-state index contributed by atoms with van der Waals surface area (Å²) >= 11 is 0. The number of fused-ring (bicyclic) bond motifs is 1. The van der Waals surface area contributed by atoms with Gasteiger partial charge in [-0.15, -0.1) is 12.4 Å². The van der Waals surface area contributed by atoms with Crippen molar-refractivity contribution < 1.29 is 0 Å². The minimum Gasteiger partial charge on any atom is -0.314 e. The predicted octanol–water partition coefficient (Wildman–Crippen LogP) is 3.62. The van der Waals surface area contributed by atoms with Gasteiger partial charge in [0.2, 0.25) is 0 Å². The Kier molecular flexibility index (Phi) is 5.52. The molecular formula is C19H26ClN3. The van der Waals surface area contributed by atoms with Crippen LogP contribution in [0.3, 0.4) is 0 Å². The molecular weight excluding hydrogens is 306 g/mol. The van der Waals surface area contributed by atoms with E-state index in [0.717, 1.165) is 24.0 Å². The summed E-state index contributed by atoms with van der Waals surface area (Å²) in [7, 11) is 0. The molecule has 2 saturated heterocycles. The Balaban J connectivity index is 0.00000156. The van der Waals surface area contributed by atoms with E-state index in [9.17, 15) is 0 Å². The van der Waals surface area contributed by atoms with Gasteiger partial charge in [-0.3, -0.25) is 9.88 Å². The van der Waals surface area contributed by atoms with Gasteiger partial charge in [0.15, 0.2) is 0 Å². The second-order valence-corrected chi connectivity index (χ2v) is 6.81. The summed E-state index contributed by atoms with van der Waals surface area (Å²) in [6, 6.07) is 13.6. The number of nitrogens with zero attached hydrogens (tertiary/aromatic N) is 2. The zero-order chi connectivity index (χ0) is 14.8. The monoisotopic (exact) mass is 331 g/mol. The van der Waals surface area contributed by atoms with Crippen molar-refractivity contribution in [2.75, 3.05) is 19.6 Å². The molecule has 4 heteroatoms. The molecule has 3 nitrogen and oxygen atoms in total. The van der Waals surface area contributed by atoms with E-state index in [1.165, 1.54) is 56.4 Å². The summed E-state index contributed by atoms with van der Waals surface area (Å²) in [4.78, 5) is 7.38. The minimum absolute atomic E-state index is 0. The number of para-hydroxylation sites is 1. The summed E-state index contributed by atoms with van der Waals surface area (Å²) in [5, 5.41) is 4.91. The highest BCUT2D eigenvalue weighted by molar-refractivity contribution is 5.85. The van der Waals surface area contributed by atoms with E-state index in [-0.39, 0.29) is 12.4 Å². The lowest BCUT2D eigenvalue weighted by atomic mass is 9.88. The molecule has 0 saturated carbocycles. The van der Waals surface area contributed by atoms with Crippen LogP contribution in [0, 0.1) is 5.92 Å². The number of likely N-dealkylation sites (tertiary alicyclic amines) is 1. The zero-order valence-electron chi connectivity index (χ0n) is 13.6. The second kappa shape index (κ2) is 7.61. The van der Waals surface area contributed by atoms with Crippen molar-refractivity contribution in [3.05, 3.63) is 42.1 Å². The molecule has 0 radical (unpaired) electrons. The molecule has 1 aromatic heterocycles. The molecule has 1 N–H and O–H groups in total. The van der Waals surface area contributed by atoms with Crippen LogP contribution in [0.25, 0.3) is 10.9 Å². The van der Waals surface area contributed by atoms with Crippen molar-refractivity contribution in [2.24, 2.45) is 5.92 Å². The molecule has 124 valence electrons. The van der Waals surface area contributed by atoms with E-state index in [4.69, 9.17) is 4.98 Å². The number of rotatable bonds is 3. The first-order valence-electron chi connectivity index (χ1n) is 8.69. The molecule has 0 spiro atoms. The first-order chi connectivity index (χ1) is 10.9. The van der Waals surface area contributed by atoms with E-state index >= 15 is 0 Å². The lowest BCUT2D eigenvalue weighted by molar-refractivity contribution is 0.156. The molecule has 0 amide bonds. The average molecular weight is 332 g/mol. The van der Waals surface area contributed by atoms with Gasteiger partial charge in [0.05, 0.1) is 11.2 Å². The van der Waals surface area contributed by atoms with Gasteiger partial charge >= 0.3 is 0 Å². The van der Waals surface area contributed by atoms with Crippen LogP contribution >= 0.6 is 12.4 Å². The maximum atomic E-state index is 4.81. The maximum Gasteiger partial charge on any atom is 0.0705 e. The third-order valence-corrected chi connectivity index (χ3v) is 5.34. The Bertz CT molecular complexity index is 631. The third-order valence-electron chi connectivity index (χ3n) is 5.34. The summed E-state index contributed by atoms with van der Waals surface area (Å²) in [6.07, 6.45) is 5.43. The average Bonchev–Trinajstić information content (AvgIpc) is 3.10. The highest BCUT2D eigenvalue weighted by atomic mass is 35.5. The van der Waals surface area contributed by atoms with Crippen molar-refractivity contribution in [1.29, 1.82) is 0 Å². The number of hydrogen-bond donors (Lipinski definition) is 1. The maximum absolute atomic E-state index is 4.81. The van der Waals surface area contributed by atoms with Crippen molar-refractivity contribution >= 4 is 23.3 Å². The van der Waals surface area contributed by atoms with Crippen molar-refractivity contribution in [2.45, 2.75) is 38.3 Å². The van der Waals surface area contributed by atoms with Crippen molar-refractivity contribution in [3.63, 3.8) is 0 Å². The van der Waals surface area contributed by atoms with Crippen LogP contribution in [0.5, 0.6) is 0 Å². The van der Waals surface area contributed by atoms with Gasteiger partial charge < -0.3 is 5.32 Å². The van der Waals surface area contributed by atoms with Gasteiger partial charge in [-0.1, -0.05) is 24.3 Å². The normalized spacial score (nSPS) is 23.0. The first kappa shape index (κ1) is 16.7. The van der Waals surface area contributed by atoms with Crippen LogP contribution in [0.4, 0.5) is 0 Å². The van der Waals surface area contributed by atoms with Crippen LogP contribution in [-0.4, -0.2) is 35.6 Å². The lowest BCUT2D eigenvalue weighted by Crippen LogP contribution is -2.40. The van der Waals surface area contributed by atoms with Gasteiger partial charge in [0, 0.05) is 18.0 Å². The first-order valence-corrected chi connectivity index (χ1v) is 8.69. The van der Waals surface area contributed by atoms with E-state index in [1.54, 1.807) is 0 Å². The van der Waals surface area contributed by atoms with Crippen LogP contribution in [0.1, 0.15) is 31.4 Å². The largest absolute Gasteiger partial charge is 0.314 e. The number of benzene rings is 1. The van der Waals surface area contributed by atoms with E-state index in [1.807, 2.05) is 0 Å². The summed E-state index contributed by atoms with van der Waals surface area (Å²) in [5.41, 5.74) is 2.32. The summed E-state index contributed by atoms with van der Waals surface area (Å²) < 4.78 is 0. The van der Waals surface area contributed by atoms with Gasteiger partial charge in [-0.05, 0) is 63.4 Å². The SMILES string of the molecule is Cl.c1ccc2nc(CN3CCC(C4CCCN4)CC3)ccc2c1. The Morgan fingerprint density at radius 1 is 1.04 bits per heavy atom. The van der Waals surface area contributed by atoms with E-state index in [2.05, 4.69) is 46.6 Å². The number of nitrogens with one attached hydrogen (secondary N) is 1. The molecule has 1 aromatic carbocycles. The molecule has 3 heterocycles. The number of hydrogen-bond acceptors (Lipinski definition) is 3. The fourth-order valence-corrected chi connectivity index (χ4v) is 4.05. The van der Waals surface area contributed by atoms with Crippen LogP contribution in [0.15, 0.2) is 36.4 Å². The standard InChI is InChI=1S/C19H25N3.ClH/c1-2-5-19-15(4-1)7-8-17(21-19)14-22-12-9-16(10-13-22)18-6-3-11-20-18;/h1-2,4-5,7-8,16,18,20H,3,6,9-14H2;1H. The highest BCUT2D eigenvalue weighted by Crippen LogP contribution is 2.26. The zero-order valence-corrected chi connectivity index (χ0v) is 14.4. The molecule has 0 aliphatic carbocycles. The molecule has 2 aliphatic heterocycles. The summed E-state index contributed by atoms with van der Waals surface area (Å²) in [5.74, 6) is 0.892. The van der Waals surface area contributed by atoms with E-state index < -0.39 is 0 Å². The number of halogens is 1. The summed E-state index contributed by atoms with van der Waals surface area (Å²) in [6.45, 7) is 4.66. The predicted molar refractivity (Wildman–Crippen MR) is 98.0 cm³/mol. The Morgan fingerprint density at radius 2 is 1.87 bits per heavy atom. The van der Waals surface area contributed by atoms with Gasteiger partial charge in [-0.2, -0.15) is 0 Å². The highest BCUT2D eigenvalue weighted by Gasteiger charge is 2.28. The van der Waals surface area contributed by atoms with Gasteiger partial charge in [-0.25, -0.2) is 0 Å². The fraction of sp³-hybridized carbons (Fsp3) is 0.526. The van der Waals surface area contributed by atoms with Crippen LogP contribution in [-0.2, 0) is 6.54 Å². The molecule has 1 atom stereocenters. The number of piperidine rings is 1. The minimum atomic E-state index is 0. The number of pyridine rings is 1. The van der Waals surface area contributed by atoms with Crippen LogP contribution < -0.4 is 5.32 Å². The Hall–Kier alpha value is -1.16. The lowest BCUT2D eigenvalue weighted by Gasteiger charge is -2.34. The molecule has 4 rings (SSSR count). The van der Waals surface area contributed by atoms with Gasteiger partial charge in [0.1, 0.15) is 0 Å². The topological polar surface area (TPSA) is 28.2 Å². The Morgan fingerprint density at radius 3 is 2.65 bits per heavy atom. The molecule has 2 aromatic rings. The molecule has 23 heavy (non-hydrogen) atoms. The quantitative estimate of drug-likeness (QED) is 0.931. The Labute approximate surface area is 144 Å². The molecule has 2 aliphatic rings. The fourth-order valence-electron chi connectivity index (χ4n) is 4.05. The number of aromatic nitrogens is 1. The molecule has 2 fully saturated rings.